The molecular weight excluding hydrogens is 162 g/mol. The molecule has 1 fully saturated rings. The van der Waals surface area contributed by atoms with Gasteiger partial charge in [-0.25, -0.2) is 0 Å². The minimum absolute atomic E-state index is 0.752. The number of hydrogen-bond donors (Lipinski definition) is 1. The first-order chi connectivity index (χ1) is 6.29. The van der Waals surface area contributed by atoms with Gasteiger partial charge in [-0.2, -0.15) is 5.10 Å². The molecule has 1 aromatic heterocycles. The molecule has 1 aliphatic rings. The molecule has 0 aliphatic heterocycles. The predicted molar refractivity (Wildman–Crippen MR) is 52.2 cm³/mol. The van der Waals surface area contributed by atoms with Gasteiger partial charge in [0.25, 0.3) is 0 Å². The maximum absolute atomic E-state index is 5.66. The number of aryl methyl sites for hydroxylation is 1. The molecule has 1 aromatic rings. The summed E-state index contributed by atoms with van der Waals surface area (Å²) in [6.45, 7) is 0.845. The standard InChI is InChI=1S/C10H17N3/c1-13-5-4-10(12-13)6-8-2-3-9(8)7-11/h4-5,8-9H,2-3,6-7,11H2,1H3. The van der Waals surface area contributed by atoms with Crippen LogP contribution in [0.1, 0.15) is 18.5 Å². The van der Waals surface area contributed by atoms with Gasteiger partial charge in [0.2, 0.25) is 0 Å². The summed E-state index contributed by atoms with van der Waals surface area (Å²) in [4.78, 5) is 0. The van der Waals surface area contributed by atoms with Crippen LogP contribution >= 0.6 is 0 Å². The first-order valence-electron chi connectivity index (χ1n) is 4.98. The first kappa shape index (κ1) is 8.75. The Morgan fingerprint density at radius 3 is 2.77 bits per heavy atom. The van der Waals surface area contributed by atoms with Gasteiger partial charge in [-0.15, -0.1) is 0 Å². The van der Waals surface area contributed by atoms with Gasteiger partial charge in [0.05, 0.1) is 5.69 Å². The molecule has 1 aliphatic carbocycles. The molecule has 0 saturated heterocycles. The zero-order chi connectivity index (χ0) is 9.26. The molecule has 72 valence electrons. The largest absolute Gasteiger partial charge is 0.330 e. The summed E-state index contributed by atoms with van der Waals surface area (Å²) < 4.78 is 1.87. The second kappa shape index (κ2) is 3.50. The lowest BCUT2D eigenvalue weighted by Gasteiger charge is -2.35. The summed E-state index contributed by atoms with van der Waals surface area (Å²) in [5.74, 6) is 1.54. The highest BCUT2D eigenvalue weighted by Crippen LogP contribution is 2.35. The zero-order valence-corrected chi connectivity index (χ0v) is 8.11. The van der Waals surface area contributed by atoms with Crippen molar-refractivity contribution in [2.24, 2.45) is 24.6 Å². The number of hydrogen-bond acceptors (Lipinski definition) is 2. The van der Waals surface area contributed by atoms with Gasteiger partial charge in [-0.05, 0) is 43.7 Å². The van der Waals surface area contributed by atoms with Crippen molar-refractivity contribution in [2.45, 2.75) is 19.3 Å². The number of nitrogens with two attached hydrogens (primary N) is 1. The lowest BCUT2D eigenvalue weighted by molar-refractivity contribution is 0.181. The molecule has 0 aromatic carbocycles. The monoisotopic (exact) mass is 179 g/mol. The van der Waals surface area contributed by atoms with Crippen molar-refractivity contribution in [3.05, 3.63) is 18.0 Å². The van der Waals surface area contributed by atoms with Gasteiger partial charge in [0.15, 0.2) is 0 Å². The molecule has 13 heavy (non-hydrogen) atoms. The third-order valence-electron chi connectivity index (χ3n) is 3.12. The molecule has 2 N–H and O–H groups in total. The Balaban J connectivity index is 1.91. The van der Waals surface area contributed by atoms with Crippen molar-refractivity contribution in [2.75, 3.05) is 6.54 Å². The van der Waals surface area contributed by atoms with Crippen LogP contribution in [-0.2, 0) is 13.5 Å². The van der Waals surface area contributed by atoms with Crippen molar-refractivity contribution < 1.29 is 0 Å². The van der Waals surface area contributed by atoms with E-state index in [2.05, 4.69) is 11.2 Å². The SMILES string of the molecule is Cn1ccc(CC2CCC2CN)n1. The molecule has 1 heterocycles. The summed E-state index contributed by atoms with van der Waals surface area (Å²) in [6, 6.07) is 2.10. The molecule has 2 unspecified atom stereocenters. The van der Waals surface area contributed by atoms with E-state index < -0.39 is 0 Å². The molecule has 3 heteroatoms. The van der Waals surface area contributed by atoms with E-state index in [1.807, 2.05) is 17.9 Å². The Morgan fingerprint density at radius 1 is 1.54 bits per heavy atom. The van der Waals surface area contributed by atoms with Crippen molar-refractivity contribution in [3.63, 3.8) is 0 Å². The molecule has 1 saturated carbocycles. The van der Waals surface area contributed by atoms with Gasteiger partial charge < -0.3 is 5.73 Å². The molecule has 0 amide bonds. The fourth-order valence-electron chi connectivity index (χ4n) is 2.06. The van der Waals surface area contributed by atoms with E-state index in [1.165, 1.54) is 18.5 Å². The summed E-state index contributed by atoms with van der Waals surface area (Å²) in [7, 11) is 1.96. The highest BCUT2D eigenvalue weighted by atomic mass is 15.2. The molecule has 0 bridgehead atoms. The zero-order valence-electron chi connectivity index (χ0n) is 8.11. The van der Waals surface area contributed by atoms with Gasteiger partial charge in [0.1, 0.15) is 0 Å². The molecule has 3 nitrogen and oxygen atoms in total. The maximum atomic E-state index is 5.66. The van der Waals surface area contributed by atoms with Crippen LogP contribution < -0.4 is 5.73 Å². The lowest BCUT2D eigenvalue weighted by atomic mass is 9.71. The van der Waals surface area contributed by atoms with Crippen LogP contribution in [-0.4, -0.2) is 16.3 Å². The molecule has 2 atom stereocenters. The topological polar surface area (TPSA) is 43.8 Å². The van der Waals surface area contributed by atoms with E-state index in [0.29, 0.717) is 0 Å². The van der Waals surface area contributed by atoms with E-state index in [0.717, 1.165) is 24.8 Å². The van der Waals surface area contributed by atoms with Crippen molar-refractivity contribution in [1.82, 2.24) is 9.78 Å². The Hall–Kier alpha value is -0.830. The van der Waals surface area contributed by atoms with Crippen LogP contribution in [0.3, 0.4) is 0 Å². The third kappa shape index (κ3) is 1.75. The fraction of sp³-hybridized carbons (Fsp3) is 0.700. The molecule has 0 spiro atoms. The second-order valence-electron chi connectivity index (χ2n) is 4.02. The lowest BCUT2D eigenvalue weighted by Crippen LogP contribution is -2.33. The van der Waals surface area contributed by atoms with E-state index >= 15 is 0 Å². The second-order valence-corrected chi connectivity index (χ2v) is 4.02. The summed E-state index contributed by atoms with van der Waals surface area (Å²) in [6.07, 6.45) is 5.76. The number of rotatable bonds is 3. The Kier molecular flexibility index (Phi) is 2.36. The average Bonchev–Trinajstić information content (AvgIpc) is 2.46. The smallest absolute Gasteiger partial charge is 0.0627 e. The summed E-state index contributed by atoms with van der Waals surface area (Å²) in [5.41, 5.74) is 6.87. The van der Waals surface area contributed by atoms with E-state index in [4.69, 9.17) is 5.73 Å². The number of aromatic nitrogens is 2. The van der Waals surface area contributed by atoms with Gasteiger partial charge >= 0.3 is 0 Å². The normalized spacial score (nSPS) is 27.2. The number of nitrogens with zero attached hydrogens (tertiary/aromatic N) is 2. The molecule has 2 rings (SSSR count). The fourth-order valence-corrected chi connectivity index (χ4v) is 2.06. The van der Waals surface area contributed by atoms with Crippen LogP contribution in [0.15, 0.2) is 12.3 Å². The first-order valence-corrected chi connectivity index (χ1v) is 4.98. The van der Waals surface area contributed by atoms with E-state index in [9.17, 15) is 0 Å². The minimum Gasteiger partial charge on any atom is -0.330 e. The van der Waals surface area contributed by atoms with Gasteiger partial charge in [0, 0.05) is 13.2 Å². The highest BCUT2D eigenvalue weighted by Gasteiger charge is 2.29. The Labute approximate surface area is 78.9 Å². The molecule has 0 radical (unpaired) electrons. The van der Waals surface area contributed by atoms with E-state index in [1.54, 1.807) is 0 Å². The van der Waals surface area contributed by atoms with Gasteiger partial charge in [-0.3, -0.25) is 4.68 Å². The van der Waals surface area contributed by atoms with Crippen molar-refractivity contribution in [1.29, 1.82) is 0 Å². The van der Waals surface area contributed by atoms with Crippen LogP contribution in [0.5, 0.6) is 0 Å². The predicted octanol–water partition coefficient (Wildman–Crippen LogP) is 0.947. The van der Waals surface area contributed by atoms with Crippen LogP contribution in [0, 0.1) is 11.8 Å². The maximum Gasteiger partial charge on any atom is 0.0627 e. The van der Waals surface area contributed by atoms with Crippen LogP contribution in [0.2, 0.25) is 0 Å². The van der Waals surface area contributed by atoms with E-state index in [-0.39, 0.29) is 0 Å². The van der Waals surface area contributed by atoms with Crippen molar-refractivity contribution >= 4 is 0 Å². The Bertz CT molecular complexity index is 277. The van der Waals surface area contributed by atoms with Crippen LogP contribution in [0.4, 0.5) is 0 Å². The average molecular weight is 179 g/mol. The van der Waals surface area contributed by atoms with Crippen LogP contribution in [0.25, 0.3) is 0 Å². The quantitative estimate of drug-likeness (QED) is 0.750. The Morgan fingerprint density at radius 2 is 2.31 bits per heavy atom. The minimum atomic E-state index is 0.752. The molecular formula is C10H17N3. The highest BCUT2D eigenvalue weighted by molar-refractivity contribution is 5.02. The summed E-state index contributed by atoms with van der Waals surface area (Å²) >= 11 is 0. The van der Waals surface area contributed by atoms with Crippen molar-refractivity contribution in [3.8, 4) is 0 Å². The summed E-state index contributed by atoms with van der Waals surface area (Å²) in [5, 5.41) is 4.38. The van der Waals surface area contributed by atoms with Gasteiger partial charge in [-0.1, -0.05) is 0 Å². The third-order valence-corrected chi connectivity index (χ3v) is 3.12.